The molecule has 1 aliphatic heterocycles. The molecule has 26 heteroatoms. The summed E-state index contributed by atoms with van der Waals surface area (Å²) in [5, 5.41) is 28.2. The second kappa shape index (κ2) is 31.5. The molecule has 0 aliphatic carbocycles. The summed E-state index contributed by atoms with van der Waals surface area (Å²) in [6.45, 7) is 3.19. The van der Waals surface area contributed by atoms with E-state index in [1.54, 1.807) is 56.3 Å². The van der Waals surface area contributed by atoms with Gasteiger partial charge in [0.2, 0.25) is 59.1 Å². The highest BCUT2D eigenvalue weighted by Crippen LogP contribution is 2.21. The highest BCUT2D eigenvalue weighted by molar-refractivity contribution is 7.80. The van der Waals surface area contributed by atoms with Crippen LogP contribution < -0.4 is 60.2 Å². The Labute approximate surface area is 440 Å². The van der Waals surface area contributed by atoms with Crippen LogP contribution in [0.3, 0.4) is 0 Å². The number of aliphatic imine (C=N–C) groups is 1. The molecule has 0 bridgehead atoms. The van der Waals surface area contributed by atoms with Crippen molar-refractivity contribution >= 4 is 90.3 Å². The SMILES string of the molecule is CC[C@H](C)[C@H](NC(=O)[C@H](CCC(N)=O)NC(=O)[C@H](Cc1ccccc1)NC(=O)[C@H](Cc1ccc(O)cc1)NC(=O)CCS)C(=O)N[C@@H](CS)C(=O)N1CCC[C@H]1C(=O)N[C@H](CCCN=C(N)N)C(=O)NCC(N)=O. The number of nitrogens with one attached hydrogen (secondary N) is 7. The fourth-order valence-corrected chi connectivity index (χ4v) is 8.30. The zero-order chi connectivity index (χ0) is 54.9. The predicted octanol–water partition coefficient (Wildman–Crippen LogP) is -2.71. The lowest BCUT2D eigenvalue weighted by Crippen LogP contribution is -2.61. The summed E-state index contributed by atoms with van der Waals surface area (Å²) < 4.78 is 0. The van der Waals surface area contributed by atoms with Gasteiger partial charge in [0.25, 0.3) is 0 Å². The third-order valence-corrected chi connectivity index (χ3v) is 12.6. The zero-order valence-corrected chi connectivity index (χ0v) is 43.3. The summed E-state index contributed by atoms with van der Waals surface area (Å²) in [5.41, 5.74) is 22.7. The molecule has 0 radical (unpaired) electrons. The van der Waals surface area contributed by atoms with E-state index in [1.165, 1.54) is 17.0 Å². The molecule has 8 atom stereocenters. The van der Waals surface area contributed by atoms with Gasteiger partial charge >= 0.3 is 0 Å². The van der Waals surface area contributed by atoms with Gasteiger partial charge in [-0.25, -0.2) is 0 Å². The Morgan fingerprint density at radius 3 is 1.85 bits per heavy atom. The van der Waals surface area contributed by atoms with Crippen LogP contribution in [0.4, 0.5) is 0 Å². The topological polar surface area (TPSA) is 395 Å². The Balaban J connectivity index is 1.85. The maximum absolute atomic E-state index is 14.3. The van der Waals surface area contributed by atoms with E-state index >= 15 is 0 Å². The molecule has 1 fully saturated rings. The van der Waals surface area contributed by atoms with Crippen molar-refractivity contribution in [3.63, 3.8) is 0 Å². The number of thiol groups is 2. The molecule has 16 N–H and O–H groups in total. The summed E-state index contributed by atoms with van der Waals surface area (Å²) in [6.07, 6.45) is 0.453. The Kier molecular flexibility index (Phi) is 26.0. The van der Waals surface area contributed by atoms with E-state index in [0.29, 0.717) is 24.0 Å². The highest BCUT2D eigenvalue weighted by Gasteiger charge is 2.40. The summed E-state index contributed by atoms with van der Waals surface area (Å²) in [5.74, 6) is -8.25. The van der Waals surface area contributed by atoms with E-state index in [-0.39, 0.29) is 87.7 Å². The minimum absolute atomic E-state index is 0.0115. The fraction of sp³-hybridized carbons (Fsp3) is 0.521. The summed E-state index contributed by atoms with van der Waals surface area (Å²) in [4.78, 5) is 139. The van der Waals surface area contributed by atoms with Gasteiger partial charge in [-0.2, -0.15) is 25.3 Å². The first-order valence-corrected chi connectivity index (χ1v) is 25.5. The van der Waals surface area contributed by atoms with Crippen LogP contribution in [0.2, 0.25) is 0 Å². The van der Waals surface area contributed by atoms with Gasteiger partial charge in [-0.05, 0) is 67.0 Å². The van der Waals surface area contributed by atoms with E-state index in [1.807, 2.05) is 0 Å². The van der Waals surface area contributed by atoms with Gasteiger partial charge in [-0.15, -0.1) is 0 Å². The van der Waals surface area contributed by atoms with E-state index < -0.39 is 114 Å². The van der Waals surface area contributed by atoms with Crippen molar-refractivity contribution in [2.75, 3.05) is 31.1 Å². The van der Waals surface area contributed by atoms with Gasteiger partial charge in [0.1, 0.15) is 48.0 Å². The lowest BCUT2D eigenvalue weighted by atomic mass is 9.97. The first kappa shape index (κ1) is 61.2. The number of phenolic OH excluding ortho intramolecular Hbond substituents is 1. The largest absolute Gasteiger partial charge is 0.508 e. The molecule has 3 rings (SSSR count). The van der Waals surface area contributed by atoms with E-state index in [4.69, 9.17) is 22.9 Å². The normalized spacial score (nSPS) is 15.8. The molecule has 0 unspecified atom stereocenters. The van der Waals surface area contributed by atoms with Gasteiger partial charge in [0.15, 0.2) is 5.96 Å². The van der Waals surface area contributed by atoms with Gasteiger partial charge in [0, 0.05) is 44.5 Å². The molecule has 1 heterocycles. The average Bonchev–Trinajstić information content (AvgIpc) is 3.86. The number of nitrogens with two attached hydrogens (primary N) is 4. The molecule has 0 saturated carbocycles. The number of hydrogen-bond donors (Lipinski definition) is 14. The Hall–Kier alpha value is -7.09. The Bertz CT molecular complexity index is 2290. The van der Waals surface area contributed by atoms with Crippen LogP contribution in [0.25, 0.3) is 0 Å². The van der Waals surface area contributed by atoms with Gasteiger partial charge in [0.05, 0.1) is 6.54 Å². The number of amides is 10. The second-order valence-corrected chi connectivity index (χ2v) is 18.6. The molecule has 74 heavy (non-hydrogen) atoms. The average molecular weight is 1070 g/mol. The molecular formula is C48H71N13O11S2. The van der Waals surface area contributed by atoms with Crippen molar-refractivity contribution < 1.29 is 53.1 Å². The van der Waals surface area contributed by atoms with E-state index in [0.717, 1.165) is 0 Å². The maximum atomic E-state index is 14.3. The van der Waals surface area contributed by atoms with Crippen LogP contribution in [0.1, 0.15) is 76.3 Å². The molecular weight excluding hydrogens is 999 g/mol. The molecule has 0 spiro atoms. The lowest BCUT2D eigenvalue weighted by molar-refractivity contribution is -0.142. The first-order valence-electron chi connectivity index (χ1n) is 24.2. The number of aromatic hydroxyl groups is 1. The van der Waals surface area contributed by atoms with E-state index in [2.05, 4.69) is 67.5 Å². The van der Waals surface area contributed by atoms with Crippen LogP contribution >= 0.6 is 25.3 Å². The number of phenols is 1. The van der Waals surface area contributed by atoms with E-state index in [9.17, 15) is 53.1 Å². The van der Waals surface area contributed by atoms with Crippen LogP contribution in [-0.4, -0.2) is 148 Å². The molecule has 1 aliphatic rings. The third-order valence-electron chi connectivity index (χ3n) is 12.0. The third kappa shape index (κ3) is 20.8. The summed E-state index contributed by atoms with van der Waals surface area (Å²) >= 11 is 8.45. The number of benzene rings is 2. The lowest BCUT2D eigenvalue weighted by Gasteiger charge is -2.31. The van der Waals surface area contributed by atoms with Gasteiger partial charge < -0.3 is 70.2 Å². The maximum Gasteiger partial charge on any atom is 0.246 e. The van der Waals surface area contributed by atoms with Crippen molar-refractivity contribution in [2.24, 2.45) is 33.8 Å². The van der Waals surface area contributed by atoms with Crippen molar-refractivity contribution in [3.05, 3.63) is 65.7 Å². The second-order valence-electron chi connectivity index (χ2n) is 17.8. The smallest absolute Gasteiger partial charge is 0.246 e. The predicted molar refractivity (Wildman–Crippen MR) is 281 cm³/mol. The molecule has 2 aromatic rings. The molecule has 24 nitrogen and oxygen atoms in total. The Morgan fingerprint density at radius 1 is 0.689 bits per heavy atom. The number of likely N-dealkylation sites (tertiary alicyclic amines) is 1. The van der Waals surface area contributed by atoms with Crippen LogP contribution in [0.5, 0.6) is 5.75 Å². The number of carbonyl (C=O) groups excluding carboxylic acids is 10. The highest BCUT2D eigenvalue weighted by atomic mass is 32.1. The Morgan fingerprint density at radius 2 is 1.27 bits per heavy atom. The number of nitrogens with zero attached hydrogens (tertiary/aromatic N) is 2. The molecule has 2 aromatic carbocycles. The number of carbonyl (C=O) groups is 10. The summed E-state index contributed by atoms with van der Waals surface area (Å²) in [7, 11) is 0. The fourth-order valence-electron chi connectivity index (χ4n) is 7.85. The van der Waals surface area contributed by atoms with Crippen LogP contribution in [-0.2, 0) is 60.8 Å². The molecule has 406 valence electrons. The van der Waals surface area contributed by atoms with Crippen molar-refractivity contribution in [1.29, 1.82) is 0 Å². The number of primary amides is 2. The molecule has 10 amide bonds. The van der Waals surface area contributed by atoms with Crippen molar-refractivity contribution in [1.82, 2.24) is 42.1 Å². The molecule has 0 aromatic heterocycles. The minimum atomic E-state index is -1.49. The number of hydrogen-bond acceptors (Lipinski definition) is 14. The molecule has 1 saturated heterocycles. The van der Waals surface area contributed by atoms with Gasteiger partial charge in [-0.3, -0.25) is 52.9 Å². The number of rotatable bonds is 31. The van der Waals surface area contributed by atoms with Crippen molar-refractivity contribution in [2.45, 2.75) is 120 Å². The minimum Gasteiger partial charge on any atom is -0.508 e. The van der Waals surface area contributed by atoms with Gasteiger partial charge in [-0.1, -0.05) is 62.7 Å². The number of guanidine groups is 1. The first-order chi connectivity index (χ1) is 35.2. The van der Waals surface area contributed by atoms with Crippen LogP contribution in [0.15, 0.2) is 59.6 Å². The van der Waals surface area contributed by atoms with Crippen molar-refractivity contribution in [3.8, 4) is 5.75 Å². The monoisotopic (exact) mass is 1070 g/mol. The van der Waals surface area contributed by atoms with Crippen LogP contribution in [0, 0.1) is 5.92 Å². The zero-order valence-electron chi connectivity index (χ0n) is 41.5. The quantitative estimate of drug-likeness (QED) is 0.0158. The summed E-state index contributed by atoms with van der Waals surface area (Å²) in [6, 6.07) is 5.73. The standard InChI is InChI=1S/C48H71N13O11S2/c1-3-27(2)40(46(71)59-35(26-74)47(72)61-21-8-12-36(61)45(70)57-31(11-7-20-53-48(51)52)41(66)54-25-38(50)64)60-42(67)32(17-18-37(49)63)56-44(69)34(23-28-9-5-4-6-10-28)58-43(68)33(55-39(65)19-22-73)24-29-13-15-30(62)16-14-29/h4-6,9-10,13-16,27,31-36,40,62,73-74H,3,7-8,11-12,17-26H2,1-2H3,(H2,49,63)(H2,50,64)(H,54,66)(H,55,65)(H,56,69)(H,57,70)(H,58,68)(H,59,71)(H,60,67)(H4,51,52,53)/t27-,31+,32-,33-,34-,35-,36-,40-/m0/s1.